The highest BCUT2D eigenvalue weighted by atomic mass is 16.5. The summed E-state index contributed by atoms with van der Waals surface area (Å²) in [7, 11) is 1.55. The zero-order valence-electron chi connectivity index (χ0n) is 18.9. The molecule has 1 fully saturated rings. The van der Waals surface area contributed by atoms with Crippen LogP contribution in [0.4, 0.5) is 4.79 Å². The lowest BCUT2D eigenvalue weighted by Crippen LogP contribution is -2.45. The number of benzene rings is 2. The Bertz CT molecular complexity index is 1170. The largest absolute Gasteiger partial charge is 0.383 e. The molecule has 1 aromatic heterocycles. The van der Waals surface area contributed by atoms with Gasteiger partial charge in [0.25, 0.3) is 5.91 Å². The first-order valence-electron chi connectivity index (χ1n) is 10.7. The van der Waals surface area contributed by atoms with E-state index in [1.54, 1.807) is 43.2 Å². The molecule has 11 heteroatoms. The van der Waals surface area contributed by atoms with Crippen molar-refractivity contribution in [2.24, 2.45) is 0 Å². The average molecular weight is 463 g/mol. The van der Waals surface area contributed by atoms with Gasteiger partial charge in [0.2, 0.25) is 5.91 Å². The molecule has 4 rings (SSSR count). The van der Waals surface area contributed by atoms with Gasteiger partial charge in [-0.3, -0.25) is 14.5 Å². The van der Waals surface area contributed by atoms with Gasteiger partial charge >= 0.3 is 6.03 Å². The maximum atomic E-state index is 13.4. The van der Waals surface area contributed by atoms with E-state index in [0.29, 0.717) is 30.9 Å². The van der Waals surface area contributed by atoms with Crippen LogP contribution in [-0.4, -0.2) is 74.7 Å². The van der Waals surface area contributed by atoms with E-state index in [9.17, 15) is 14.4 Å². The SMILES string of the molecule is COCCN(Cc1ccccc1)C(=O)CN1C(=O)N[C@@](C)(c2cccc(-n3cnnn3)c2)C1=O. The van der Waals surface area contributed by atoms with Gasteiger partial charge in [-0.2, -0.15) is 0 Å². The first kappa shape index (κ1) is 23.1. The number of carbonyl (C=O) groups excluding carboxylic acids is 3. The lowest BCUT2D eigenvalue weighted by molar-refractivity contribution is -0.139. The smallest absolute Gasteiger partial charge is 0.325 e. The standard InChI is InChI=1S/C23H25N7O4/c1-23(18-9-6-10-19(13-18)30-16-24-26-27-30)21(32)29(22(33)25-23)15-20(31)28(11-12-34-2)14-17-7-4-3-5-8-17/h3-10,13,16H,11-12,14-15H2,1-2H3,(H,25,33)/t23-/m0/s1. The van der Waals surface area contributed by atoms with E-state index in [2.05, 4.69) is 20.8 Å². The van der Waals surface area contributed by atoms with Crippen LogP contribution < -0.4 is 5.32 Å². The van der Waals surface area contributed by atoms with Gasteiger partial charge in [0.15, 0.2) is 0 Å². The second-order valence-corrected chi connectivity index (χ2v) is 8.04. The second-order valence-electron chi connectivity index (χ2n) is 8.04. The zero-order chi connectivity index (χ0) is 24.1. The summed E-state index contributed by atoms with van der Waals surface area (Å²) >= 11 is 0. The number of tetrazole rings is 1. The molecule has 0 saturated carbocycles. The van der Waals surface area contributed by atoms with Gasteiger partial charge in [0.05, 0.1) is 12.3 Å². The molecule has 2 aromatic carbocycles. The second kappa shape index (κ2) is 9.79. The number of imide groups is 1. The average Bonchev–Trinajstić information content (AvgIpc) is 3.46. The summed E-state index contributed by atoms with van der Waals surface area (Å²) < 4.78 is 6.59. The molecule has 0 aliphatic carbocycles. The topological polar surface area (TPSA) is 123 Å². The molecule has 1 aliphatic rings. The van der Waals surface area contributed by atoms with E-state index in [0.717, 1.165) is 10.5 Å². The summed E-state index contributed by atoms with van der Waals surface area (Å²) in [4.78, 5) is 41.8. The molecule has 4 amide bonds. The van der Waals surface area contributed by atoms with Gasteiger partial charge in [-0.05, 0) is 40.6 Å². The first-order valence-corrected chi connectivity index (χ1v) is 10.7. The first-order chi connectivity index (χ1) is 16.4. The number of nitrogens with one attached hydrogen (secondary N) is 1. The molecule has 11 nitrogen and oxygen atoms in total. The number of amides is 4. The molecule has 1 atom stereocenters. The predicted molar refractivity (Wildman–Crippen MR) is 120 cm³/mol. The van der Waals surface area contributed by atoms with E-state index >= 15 is 0 Å². The van der Waals surface area contributed by atoms with Crippen LogP contribution in [0.25, 0.3) is 5.69 Å². The minimum Gasteiger partial charge on any atom is -0.383 e. The van der Waals surface area contributed by atoms with Gasteiger partial charge < -0.3 is 15.0 Å². The number of ether oxygens (including phenoxy) is 1. The van der Waals surface area contributed by atoms with Crippen molar-refractivity contribution in [3.8, 4) is 5.69 Å². The molecule has 0 bridgehead atoms. The summed E-state index contributed by atoms with van der Waals surface area (Å²) in [6, 6.07) is 15.9. The maximum Gasteiger partial charge on any atom is 0.325 e. The third kappa shape index (κ3) is 4.64. The summed E-state index contributed by atoms with van der Waals surface area (Å²) in [5, 5.41) is 13.8. The Morgan fingerprint density at radius 1 is 1.15 bits per heavy atom. The quantitative estimate of drug-likeness (QED) is 0.472. The highest BCUT2D eigenvalue weighted by molar-refractivity contribution is 6.09. The molecular weight excluding hydrogens is 438 g/mol. The maximum absolute atomic E-state index is 13.4. The van der Waals surface area contributed by atoms with Crippen LogP contribution in [-0.2, 0) is 26.4 Å². The fourth-order valence-electron chi connectivity index (χ4n) is 3.81. The summed E-state index contributed by atoms with van der Waals surface area (Å²) in [5.74, 6) is -0.859. The lowest BCUT2D eigenvalue weighted by atomic mass is 9.91. The fraction of sp³-hybridized carbons (Fsp3) is 0.304. The van der Waals surface area contributed by atoms with Crippen molar-refractivity contribution in [1.82, 2.24) is 35.3 Å². The van der Waals surface area contributed by atoms with E-state index in [-0.39, 0.29) is 12.5 Å². The summed E-state index contributed by atoms with van der Waals surface area (Å²) in [6.45, 7) is 2.25. The van der Waals surface area contributed by atoms with E-state index in [1.807, 2.05) is 30.3 Å². The molecule has 3 aromatic rings. The van der Waals surface area contributed by atoms with Crippen molar-refractivity contribution >= 4 is 17.8 Å². The van der Waals surface area contributed by atoms with Gasteiger partial charge in [0.1, 0.15) is 18.4 Å². The van der Waals surface area contributed by atoms with Crippen molar-refractivity contribution in [1.29, 1.82) is 0 Å². The number of hydrogen-bond donors (Lipinski definition) is 1. The molecule has 176 valence electrons. The van der Waals surface area contributed by atoms with Crippen LogP contribution in [0.1, 0.15) is 18.1 Å². The van der Waals surface area contributed by atoms with Crippen molar-refractivity contribution in [3.63, 3.8) is 0 Å². The monoisotopic (exact) mass is 463 g/mol. The Hall–Kier alpha value is -4.12. The Morgan fingerprint density at radius 3 is 2.65 bits per heavy atom. The van der Waals surface area contributed by atoms with Crippen LogP contribution >= 0.6 is 0 Å². The highest BCUT2D eigenvalue weighted by Crippen LogP contribution is 2.30. The Balaban J connectivity index is 1.52. The van der Waals surface area contributed by atoms with Gasteiger partial charge in [-0.15, -0.1) is 5.10 Å². The predicted octanol–water partition coefficient (Wildman–Crippen LogP) is 1.10. The minimum absolute atomic E-state index is 0.332. The molecule has 2 heterocycles. The van der Waals surface area contributed by atoms with Gasteiger partial charge in [0, 0.05) is 20.2 Å². The number of hydrogen-bond acceptors (Lipinski definition) is 7. The van der Waals surface area contributed by atoms with Crippen LogP contribution in [0.3, 0.4) is 0 Å². The Morgan fingerprint density at radius 2 is 1.94 bits per heavy atom. The molecule has 0 spiro atoms. The normalized spacial score (nSPS) is 17.6. The van der Waals surface area contributed by atoms with E-state index in [1.165, 1.54) is 11.0 Å². The number of nitrogens with zero attached hydrogens (tertiary/aromatic N) is 6. The van der Waals surface area contributed by atoms with Gasteiger partial charge in [-0.25, -0.2) is 9.48 Å². The van der Waals surface area contributed by atoms with Crippen LogP contribution in [0.15, 0.2) is 60.9 Å². The zero-order valence-corrected chi connectivity index (χ0v) is 18.9. The molecule has 1 aliphatic heterocycles. The minimum atomic E-state index is -1.34. The number of aromatic nitrogens is 4. The number of carbonyl (C=O) groups is 3. The third-order valence-electron chi connectivity index (χ3n) is 5.74. The van der Waals surface area contributed by atoms with E-state index < -0.39 is 17.5 Å². The molecule has 1 N–H and O–H groups in total. The Labute approximate surface area is 196 Å². The molecule has 1 saturated heterocycles. The van der Waals surface area contributed by atoms with E-state index in [4.69, 9.17) is 4.74 Å². The summed E-state index contributed by atoms with van der Waals surface area (Å²) in [6.07, 6.45) is 1.43. The van der Waals surface area contributed by atoms with Crippen molar-refractivity contribution < 1.29 is 19.1 Å². The lowest BCUT2D eigenvalue weighted by Gasteiger charge is -2.25. The highest BCUT2D eigenvalue weighted by Gasteiger charge is 2.49. The van der Waals surface area contributed by atoms with Crippen LogP contribution in [0.2, 0.25) is 0 Å². The molecular formula is C23H25N7O4. The molecule has 34 heavy (non-hydrogen) atoms. The van der Waals surface area contributed by atoms with Crippen LogP contribution in [0.5, 0.6) is 0 Å². The number of methoxy groups -OCH3 is 1. The number of rotatable bonds is 9. The van der Waals surface area contributed by atoms with Crippen molar-refractivity contribution in [2.45, 2.75) is 19.0 Å². The van der Waals surface area contributed by atoms with Crippen molar-refractivity contribution in [2.75, 3.05) is 26.8 Å². The number of urea groups is 1. The molecule has 0 unspecified atom stereocenters. The van der Waals surface area contributed by atoms with Crippen LogP contribution in [0, 0.1) is 0 Å². The Kier molecular flexibility index (Phi) is 6.64. The molecule has 0 radical (unpaired) electrons. The summed E-state index contributed by atoms with van der Waals surface area (Å²) in [5.41, 5.74) is 0.787. The van der Waals surface area contributed by atoms with Crippen molar-refractivity contribution in [3.05, 3.63) is 72.1 Å². The van der Waals surface area contributed by atoms with Gasteiger partial charge in [-0.1, -0.05) is 42.5 Å². The fourth-order valence-corrected chi connectivity index (χ4v) is 3.81. The third-order valence-corrected chi connectivity index (χ3v) is 5.74.